The fourth-order valence-corrected chi connectivity index (χ4v) is 3.50. The molecule has 0 spiro atoms. The predicted octanol–water partition coefficient (Wildman–Crippen LogP) is 2.49. The van der Waals surface area contributed by atoms with Crippen LogP contribution in [0.15, 0.2) is 22.7 Å². The maximum Gasteiger partial charge on any atom is 0.260 e. The molecule has 0 saturated carbocycles. The van der Waals surface area contributed by atoms with Gasteiger partial charge in [0, 0.05) is 29.7 Å². The molecule has 6 nitrogen and oxygen atoms in total. The Hall–Kier alpha value is -1.60. The first-order chi connectivity index (χ1) is 11.4. The lowest BCUT2D eigenvalue weighted by atomic mass is 10.0. The fourth-order valence-electron chi connectivity index (χ4n) is 3.00. The smallest absolute Gasteiger partial charge is 0.260 e. The molecule has 2 atom stereocenters. The van der Waals surface area contributed by atoms with E-state index in [0.29, 0.717) is 39.0 Å². The minimum absolute atomic E-state index is 0.213. The summed E-state index contributed by atoms with van der Waals surface area (Å²) >= 11 is 12.2. The van der Waals surface area contributed by atoms with Gasteiger partial charge >= 0.3 is 0 Å². The average Bonchev–Trinajstić information content (AvgIpc) is 3.09. The molecule has 1 aromatic heterocycles. The molecule has 0 unspecified atom stereocenters. The first kappa shape index (κ1) is 17.2. The molecule has 2 aromatic rings. The normalized spacial score (nSPS) is 20.6. The third kappa shape index (κ3) is 3.02. The van der Waals surface area contributed by atoms with Gasteiger partial charge in [0.2, 0.25) is 0 Å². The number of aliphatic hydroxyl groups excluding tert-OH is 1. The highest BCUT2D eigenvalue weighted by atomic mass is 35.5. The van der Waals surface area contributed by atoms with Crippen molar-refractivity contribution in [3.05, 3.63) is 39.6 Å². The Morgan fingerprint density at radius 3 is 2.92 bits per heavy atom. The quantitative estimate of drug-likeness (QED) is 0.866. The molecule has 3 rings (SSSR count). The van der Waals surface area contributed by atoms with E-state index in [-0.39, 0.29) is 25.0 Å². The summed E-state index contributed by atoms with van der Waals surface area (Å²) in [5.74, 6) is 0.111. The number of aryl methyl sites for hydroxylation is 1. The molecule has 1 saturated heterocycles. The number of halogens is 2. The maximum absolute atomic E-state index is 13.0. The molecule has 0 bridgehead atoms. The highest BCUT2D eigenvalue weighted by molar-refractivity contribution is 6.36. The number of β-amino-alcohol motifs (C(OH)–C–C–N with tert-alkyl or cyclic N) is 1. The Morgan fingerprint density at radius 1 is 1.50 bits per heavy atom. The van der Waals surface area contributed by atoms with Gasteiger partial charge in [-0.3, -0.25) is 4.79 Å². The number of likely N-dealkylation sites (tertiary alicyclic amines) is 1. The largest absolute Gasteiger partial charge is 0.391 e. The Bertz CT molecular complexity index is 778. The molecule has 1 aliphatic rings. The number of aromatic nitrogens is 1. The van der Waals surface area contributed by atoms with E-state index < -0.39 is 6.10 Å². The van der Waals surface area contributed by atoms with Crippen molar-refractivity contribution in [2.24, 2.45) is 5.73 Å². The Labute approximate surface area is 149 Å². The zero-order chi connectivity index (χ0) is 17.4. The number of nitrogens with zero attached hydrogens (tertiary/aromatic N) is 2. The number of amides is 1. The number of rotatable bonds is 3. The van der Waals surface area contributed by atoms with Gasteiger partial charge < -0.3 is 20.3 Å². The van der Waals surface area contributed by atoms with E-state index in [1.807, 2.05) is 0 Å². The van der Waals surface area contributed by atoms with Crippen molar-refractivity contribution in [3.63, 3.8) is 0 Å². The van der Waals surface area contributed by atoms with Crippen molar-refractivity contribution in [2.45, 2.75) is 25.5 Å². The molecule has 24 heavy (non-hydrogen) atoms. The minimum Gasteiger partial charge on any atom is -0.391 e. The third-order valence-corrected chi connectivity index (χ3v) is 4.74. The molecule has 0 aliphatic carbocycles. The third-order valence-electron chi connectivity index (χ3n) is 4.19. The predicted molar refractivity (Wildman–Crippen MR) is 91.2 cm³/mol. The van der Waals surface area contributed by atoms with Crippen molar-refractivity contribution >= 4 is 29.1 Å². The van der Waals surface area contributed by atoms with Crippen LogP contribution in [0, 0.1) is 6.92 Å². The molecule has 1 aromatic carbocycles. The molecular weight excluding hydrogens is 353 g/mol. The van der Waals surface area contributed by atoms with Crippen LogP contribution in [-0.4, -0.2) is 46.3 Å². The second-order valence-corrected chi connectivity index (χ2v) is 6.67. The summed E-state index contributed by atoms with van der Waals surface area (Å²) in [6, 6.07) is 4.73. The molecule has 3 N–H and O–H groups in total. The number of nitrogens with two attached hydrogens (primary N) is 1. The summed E-state index contributed by atoms with van der Waals surface area (Å²) in [6.07, 6.45) is -0.117. The lowest BCUT2D eigenvalue weighted by molar-refractivity contribution is 0.0719. The molecular formula is C16H17Cl2N3O3. The summed E-state index contributed by atoms with van der Waals surface area (Å²) in [5, 5.41) is 14.7. The van der Waals surface area contributed by atoms with Crippen LogP contribution in [0.3, 0.4) is 0 Å². The van der Waals surface area contributed by atoms with Gasteiger partial charge in [0.25, 0.3) is 5.91 Å². The highest BCUT2D eigenvalue weighted by Gasteiger charge is 2.37. The topological polar surface area (TPSA) is 92.6 Å². The number of hydrogen-bond acceptors (Lipinski definition) is 5. The summed E-state index contributed by atoms with van der Waals surface area (Å²) < 4.78 is 5.23. The monoisotopic (exact) mass is 369 g/mol. The van der Waals surface area contributed by atoms with Crippen LogP contribution in [0.2, 0.25) is 10.0 Å². The van der Waals surface area contributed by atoms with Crippen LogP contribution >= 0.6 is 23.2 Å². The van der Waals surface area contributed by atoms with Gasteiger partial charge in [-0.2, -0.15) is 0 Å². The number of benzene rings is 1. The van der Waals surface area contributed by atoms with Gasteiger partial charge in [0.1, 0.15) is 17.0 Å². The second-order valence-electron chi connectivity index (χ2n) is 5.82. The van der Waals surface area contributed by atoms with Gasteiger partial charge in [-0.05, 0) is 31.5 Å². The highest BCUT2D eigenvalue weighted by Crippen LogP contribution is 2.34. The maximum atomic E-state index is 13.0. The Balaban J connectivity index is 2.03. The van der Waals surface area contributed by atoms with E-state index in [1.54, 1.807) is 30.0 Å². The molecule has 2 heterocycles. The van der Waals surface area contributed by atoms with E-state index in [1.165, 1.54) is 0 Å². The number of aliphatic hydroxyl groups is 1. The van der Waals surface area contributed by atoms with Gasteiger partial charge in [-0.1, -0.05) is 28.4 Å². The molecule has 8 heteroatoms. The second kappa shape index (κ2) is 6.72. The summed E-state index contributed by atoms with van der Waals surface area (Å²) in [6.45, 7) is 2.18. The van der Waals surface area contributed by atoms with Crippen LogP contribution in [0.4, 0.5) is 0 Å². The molecule has 1 amide bonds. The van der Waals surface area contributed by atoms with Crippen LogP contribution in [0.25, 0.3) is 11.3 Å². The Morgan fingerprint density at radius 2 is 2.25 bits per heavy atom. The van der Waals surface area contributed by atoms with Gasteiger partial charge in [-0.25, -0.2) is 0 Å². The van der Waals surface area contributed by atoms with Gasteiger partial charge in [0.15, 0.2) is 0 Å². The first-order valence-electron chi connectivity index (χ1n) is 7.53. The van der Waals surface area contributed by atoms with E-state index in [0.717, 1.165) is 0 Å². The summed E-state index contributed by atoms with van der Waals surface area (Å²) in [4.78, 5) is 14.6. The van der Waals surface area contributed by atoms with E-state index in [4.69, 9.17) is 33.5 Å². The van der Waals surface area contributed by atoms with Crippen molar-refractivity contribution in [1.82, 2.24) is 10.1 Å². The zero-order valence-corrected chi connectivity index (χ0v) is 14.5. The van der Waals surface area contributed by atoms with Crippen molar-refractivity contribution in [1.29, 1.82) is 0 Å². The van der Waals surface area contributed by atoms with Crippen molar-refractivity contribution < 1.29 is 14.4 Å². The van der Waals surface area contributed by atoms with E-state index in [9.17, 15) is 9.90 Å². The lowest BCUT2D eigenvalue weighted by Crippen LogP contribution is -2.40. The minimum atomic E-state index is -0.578. The van der Waals surface area contributed by atoms with Gasteiger partial charge in [-0.15, -0.1) is 0 Å². The van der Waals surface area contributed by atoms with Crippen LogP contribution in [0.5, 0.6) is 0 Å². The van der Waals surface area contributed by atoms with Crippen LogP contribution in [0.1, 0.15) is 22.5 Å². The standard InChI is InChI=1S/C16H17Cl2N3O3/c1-8-14(16(23)21-7-11(22)5-10(21)6-19)15(20-24-8)12-3-2-9(17)4-13(12)18/h2-4,10-11,22H,5-7,19H2,1H3/t10-,11-/m1/s1. The Kier molecular flexibility index (Phi) is 4.83. The van der Waals surface area contributed by atoms with E-state index in [2.05, 4.69) is 5.16 Å². The lowest BCUT2D eigenvalue weighted by Gasteiger charge is -2.23. The molecule has 128 valence electrons. The average molecular weight is 370 g/mol. The number of carbonyl (C=O) groups excluding carboxylic acids is 1. The SMILES string of the molecule is Cc1onc(-c2ccc(Cl)cc2Cl)c1C(=O)N1C[C@H](O)C[C@@H]1CN. The zero-order valence-electron chi connectivity index (χ0n) is 13.0. The van der Waals surface area contributed by atoms with Crippen LogP contribution < -0.4 is 5.73 Å². The summed E-state index contributed by atoms with van der Waals surface area (Å²) in [5.41, 5.74) is 6.97. The van der Waals surface area contributed by atoms with Gasteiger partial charge in [0.05, 0.1) is 11.1 Å². The molecule has 1 aliphatic heterocycles. The number of carbonyl (C=O) groups is 1. The number of hydrogen-bond donors (Lipinski definition) is 2. The first-order valence-corrected chi connectivity index (χ1v) is 8.28. The molecule has 0 radical (unpaired) electrons. The summed E-state index contributed by atoms with van der Waals surface area (Å²) in [7, 11) is 0. The molecule has 1 fully saturated rings. The van der Waals surface area contributed by atoms with E-state index >= 15 is 0 Å². The van der Waals surface area contributed by atoms with Crippen LogP contribution in [-0.2, 0) is 0 Å². The fraction of sp³-hybridized carbons (Fsp3) is 0.375. The van der Waals surface area contributed by atoms with Crippen molar-refractivity contribution in [3.8, 4) is 11.3 Å². The van der Waals surface area contributed by atoms with Crippen molar-refractivity contribution in [2.75, 3.05) is 13.1 Å².